The Bertz CT molecular complexity index is 640. The summed E-state index contributed by atoms with van der Waals surface area (Å²) in [5.41, 5.74) is 3.94. The van der Waals surface area contributed by atoms with Gasteiger partial charge in [-0.2, -0.15) is 13.2 Å². The highest BCUT2D eigenvalue weighted by Gasteiger charge is 2.30. The molecule has 2 aromatic rings. The van der Waals surface area contributed by atoms with E-state index < -0.39 is 11.7 Å². The van der Waals surface area contributed by atoms with Gasteiger partial charge >= 0.3 is 6.18 Å². The van der Waals surface area contributed by atoms with Gasteiger partial charge in [0.15, 0.2) is 0 Å². The first-order valence-corrected chi connectivity index (χ1v) is 6.38. The largest absolute Gasteiger partial charge is 0.416 e. The van der Waals surface area contributed by atoms with E-state index in [9.17, 15) is 18.0 Å². The molecule has 0 bridgehead atoms. The van der Waals surface area contributed by atoms with E-state index in [-0.39, 0.29) is 12.3 Å². The highest BCUT2D eigenvalue weighted by molar-refractivity contribution is 5.86. The van der Waals surface area contributed by atoms with Crippen LogP contribution < -0.4 is 5.43 Å². The summed E-state index contributed by atoms with van der Waals surface area (Å²) in [5, 5.41) is 0. The normalized spacial score (nSPS) is 11.5. The van der Waals surface area contributed by atoms with E-state index in [1.54, 1.807) is 4.68 Å². The maximum Gasteiger partial charge on any atom is 0.416 e. The van der Waals surface area contributed by atoms with Crippen LogP contribution in [0.4, 0.5) is 13.2 Å². The van der Waals surface area contributed by atoms with Crippen LogP contribution in [-0.4, -0.2) is 10.6 Å². The molecule has 1 heterocycles. The zero-order chi connectivity index (χ0) is 15.6. The van der Waals surface area contributed by atoms with Gasteiger partial charge in [-0.3, -0.25) is 14.9 Å². The summed E-state index contributed by atoms with van der Waals surface area (Å²) in [5.74, 6) is -0.364. The predicted molar refractivity (Wildman–Crippen MR) is 73.4 cm³/mol. The van der Waals surface area contributed by atoms with E-state index in [2.05, 4.69) is 5.43 Å². The number of nitrogens with zero attached hydrogens (tertiary/aromatic N) is 1. The number of rotatable bonds is 3. The number of aryl methyl sites for hydroxylation is 2. The minimum Gasteiger partial charge on any atom is -0.273 e. The number of hydrogen-bond donors (Lipinski definition) is 1. The molecule has 0 aliphatic rings. The van der Waals surface area contributed by atoms with E-state index >= 15 is 0 Å². The third kappa shape index (κ3) is 3.65. The van der Waals surface area contributed by atoms with Crippen molar-refractivity contribution < 1.29 is 18.0 Å². The van der Waals surface area contributed by atoms with E-state index in [0.717, 1.165) is 23.5 Å². The molecular formula is C15H15F3N2O. The summed E-state index contributed by atoms with van der Waals surface area (Å²) in [7, 11) is 0. The van der Waals surface area contributed by atoms with Crippen LogP contribution in [0.25, 0.3) is 0 Å². The van der Waals surface area contributed by atoms with Crippen molar-refractivity contribution in [2.24, 2.45) is 0 Å². The monoisotopic (exact) mass is 296 g/mol. The smallest absolute Gasteiger partial charge is 0.273 e. The van der Waals surface area contributed by atoms with Crippen LogP contribution in [0.5, 0.6) is 0 Å². The lowest BCUT2D eigenvalue weighted by Crippen LogP contribution is -2.26. The van der Waals surface area contributed by atoms with Gasteiger partial charge in [-0.1, -0.05) is 18.2 Å². The molecule has 1 amide bonds. The molecule has 0 fully saturated rings. The Hall–Kier alpha value is -2.24. The summed E-state index contributed by atoms with van der Waals surface area (Å²) in [6.07, 6.45) is -4.51. The molecule has 0 aliphatic carbocycles. The molecule has 6 heteroatoms. The van der Waals surface area contributed by atoms with E-state index in [1.165, 1.54) is 12.1 Å². The molecule has 0 unspecified atom stereocenters. The van der Waals surface area contributed by atoms with Gasteiger partial charge in [-0.15, -0.1) is 0 Å². The molecule has 0 atom stereocenters. The number of halogens is 3. The lowest BCUT2D eigenvalue weighted by molar-refractivity contribution is -0.137. The second kappa shape index (κ2) is 5.63. The molecule has 3 nitrogen and oxygen atoms in total. The van der Waals surface area contributed by atoms with Crippen molar-refractivity contribution in [1.82, 2.24) is 4.68 Å². The fourth-order valence-electron chi connectivity index (χ4n) is 2.05. The fourth-order valence-corrected chi connectivity index (χ4v) is 2.05. The third-order valence-corrected chi connectivity index (χ3v) is 3.13. The molecule has 1 aromatic heterocycles. The van der Waals surface area contributed by atoms with Gasteiger partial charge in [0.1, 0.15) is 0 Å². The van der Waals surface area contributed by atoms with Gasteiger partial charge < -0.3 is 0 Å². The molecule has 0 radical (unpaired) electrons. The maximum atomic E-state index is 12.6. The Labute approximate surface area is 120 Å². The number of carbonyl (C=O) groups excluding carboxylic acids is 1. The average molecular weight is 296 g/mol. The Balaban J connectivity index is 2.10. The number of amides is 1. The Morgan fingerprint density at radius 3 is 2.33 bits per heavy atom. The Kier molecular flexibility index (Phi) is 4.06. The van der Waals surface area contributed by atoms with Crippen LogP contribution in [0.1, 0.15) is 22.5 Å². The Morgan fingerprint density at radius 2 is 1.76 bits per heavy atom. The van der Waals surface area contributed by atoms with Gasteiger partial charge in [0, 0.05) is 11.4 Å². The van der Waals surface area contributed by atoms with Crippen LogP contribution in [-0.2, 0) is 17.4 Å². The van der Waals surface area contributed by atoms with E-state index in [0.29, 0.717) is 5.56 Å². The second-order valence-electron chi connectivity index (χ2n) is 4.86. The van der Waals surface area contributed by atoms with Crippen molar-refractivity contribution in [2.45, 2.75) is 26.4 Å². The van der Waals surface area contributed by atoms with Gasteiger partial charge in [0.25, 0.3) is 0 Å². The molecular weight excluding hydrogens is 281 g/mol. The SMILES string of the molecule is Cc1ccc(C)n1NC(=O)Cc1cccc(C(F)(F)F)c1. The summed E-state index contributed by atoms with van der Waals surface area (Å²) in [6.45, 7) is 3.66. The zero-order valence-corrected chi connectivity index (χ0v) is 11.7. The molecule has 21 heavy (non-hydrogen) atoms. The molecule has 1 aromatic carbocycles. The number of hydrogen-bond acceptors (Lipinski definition) is 1. The Morgan fingerprint density at radius 1 is 1.14 bits per heavy atom. The lowest BCUT2D eigenvalue weighted by atomic mass is 10.1. The number of alkyl halides is 3. The first-order valence-electron chi connectivity index (χ1n) is 6.38. The fraction of sp³-hybridized carbons (Fsp3) is 0.267. The molecule has 0 spiro atoms. The van der Waals surface area contributed by atoms with Crippen molar-refractivity contribution in [1.29, 1.82) is 0 Å². The highest BCUT2D eigenvalue weighted by atomic mass is 19.4. The summed E-state index contributed by atoms with van der Waals surface area (Å²) < 4.78 is 39.4. The number of nitrogens with one attached hydrogen (secondary N) is 1. The van der Waals surface area contributed by atoms with Crippen LogP contribution in [0.2, 0.25) is 0 Å². The first-order chi connectivity index (χ1) is 9.77. The van der Waals surface area contributed by atoms with Crippen molar-refractivity contribution in [3.05, 3.63) is 58.9 Å². The van der Waals surface area contributed by atoms with Crippen LogP contribution in [0, 0.1) is 13.8 Å². The molecule has 112 valence electrons. The molecule has 0 saturated heterocycles. The second-order valence-corrected chi connectivity index (χ2v) is 4.86. The van der Waals surface area contributed by atoms with E-state index in [1.807, 2.05) is 26.0 Å². The zero-order valence-electron chi connectivity index (χ0n) is 11.7. The van der Waals surface area contributed by atoms with Crippen molar-refractivity contribution >= 4 is 5.91 Å². The number of benzene rings is 1. The minimum atomic E-state index is -4.40. The van der Waals surface area contributed by atoms with Crippen LogP contribution in [0.3, 0.4) is 0 Å². The molecule has 0 aliphatic heterocycles. The predicted octanol–water partition coefficient (Wildman–Crippen LogP) is 3.44. The lowest BCUT2D eigenvalue weighted by Gasteiger charge is -2.12. The van der Waals surface area contributed by atoms with Crippen LogP contribution in [0.15, 0.2) is 36.4 Å². The first kappa shape index (κ1) is 15.2. The molecule has 2 rings (SSSR count). The van der Waals surface area contributed by atoms with Gasteiger partial charge in [0.05, 0.1) is 12.0 Å². The summed E-state index contributed by atoms with van der Waals surface area (Å²) >= 11 is 0. The molecule has 0 saturated carbocycles. The average Bonchev–Trinajstić information content (AvgIpc) is 2.70. The van der Waals surface area contributed by atoms with Gasteiger partial charge in [-0.05, 0) is 37.6 Å². The van der Waals surface area contributed by atoms with Gasteiger partial charge in [-0.25, -0.2) is 0 Å². The standard InChI is InChI=1S/C15H15F3N2O/c1-10-6-7-11(2)20(10)19-14(21)9-12-4-3-5-13(8-12)15(16,17)18/h3-8H,9H2,1-2H3,(H,19,21). The van der Waals surface area contributed by atoms with E-state index in [4.69, 9.17) is 0 Å². The van der Waals surface area contributed by atoms with Crippen molar-refractivity contribution in [2.75, 3.05) is 5.43 Å². The number of carbonyl (C=O) groups is 1. The van der Waals surface area contributed by atoms with Crippen molar-refractivity contribution in [3.63, 3.8) is 0 Å². The molecule has 1 N–H and O–H groups in total. The van der Waals surface area contributed by atoms with Gasteiger partial charge in [0.2, 0.25) is 5.91 Å². The maximum absolute atomic E-state index is 12.6. The highest BCUT2D eigenvalue weighted by Crippen LogP contribution is 2.29. The third-order valence-electron chi connectivity index (χ3n) is 3.13. The number of aromatic nitrogens is 1. The topological polar surface area (TPSA) is 34.0 Å². The summed E-state index contributed by atoms with van der Waals surface area (Å²) in [4.78, 5) is 11.9. The quantitative estimate of drug-likeness (QED) is 0.925. The summed E-state index contributed by atoms with van der Waals surface area (Å²) in [6, 6.07) is 8.48. The minimum absolute atomic E-state index is 0.110. The van der Waals surface area contributed by atoms with Crippen LogP contribution >= 0.6 is 0 Å². The van der Waals surface area contributed by atoms with Crippen molar-refractivity contribution in [3.8, 4) is 0 Å².